The highest BCUT2D eigenvalue weighted by Gasteiger charge is 2.47. The third-order valence-corrected chi connectivity index (χ3v) is 11.4. The molecule has 11 nitrogen and oxygen atoms in total. The first-order valence-electron chi connectivity index (χ1n) is 11.1. The van der Waals surface area contributed by atoms with Crippen molar-refractivity contribution in [3.8, 4) is 0 Å². The summed E-state index contributed by atoms with van der Waals surface area (Å²) in [7, 11) is -6.68. The maximum atomic E-state index is 11.7. The van der Waals surface area contributed by atoms with Crippen LogP contribution in [0.2, 0.25) is 6.04 Å². The Kier molecular flexibility index (Phi) is 18.0. The van der Waals surface area contributed by atoms with Gasteiger partial charge < -0.3 is 26.6 Å². The van der Waals surface area contributed by atoms with E-state index in [0.29, 0.717) is 13.0 Å². The van der Waals surface area contributed by atoms with E-state index in [4.69, 9.17) is 18.0 Å². The number of esters is 1. The van der Waals surface area contributed by atoms with E-state index in [-0.39, 0.29) is 5.97 Å². The topological polar surface area (TPSA) is 136 Å². The molecule has 0 aliphatic heterocycles. The van der Waals surface area contributed by atoms with Gasteiger partial charge in [0, 0.05) is 33.1 Å². The van der Waals surface area contributed by atoms with Crippen LogP contribution < -0.4 is 0 Å². The van der Waals surface area contributed by atoms with Gasteiger partial charge in [-0.1, -0.05) is 6.92 Å². The van der Waals surface area contributed by atoms with Crippen molar-refractivity contribution >= 4 is 46.6 Å². The molecule has 0 radical (unpaired) electrons. The number of ether oxygens (including phenoxy) is 1. The van der Waals surface area contributed by atoms with Crippen molar-refractivity contribution in [2.24, 2.45) is 0 Å². The first-order valence-corrected chi connectivity index (χ1v) is 17.1. The van der Waals surface area contributed by atoms with Gasteiger partial charge in [0.2, 0.25) is 0 Å². The molecule has 0 N–H and O–H groups in total. The smallest absolute Gasteiger partial charge is 0.460 e. The van der Waals surface area contributed by atoms with Crippen LogP contribution in [0.5, 0.6) is 0 Å². The standard InChI is InChI=1S/C16H36NO5SSi.C2F6NO4S2/c1-7-10-17(2,3)11-12-22-16(18)9-14-23-13-8-15-24(19-4,20-5)21-6;3-1(4,5)14(10,11)9-15(12,13)2(6,7)8/h7-15H2,1-6H3;/q+1;-1. The highest BCUT2D eigenvalue weighted by Crippen LogP contribution is 2.36. The zero-order valence-electron chi connectivity index (χ0n) is 22.4. The van der Waals surface area contributed by atoms with E-state index in [1.165, 1.54) is 0 Å². The molecule has 0 spiro atoms. The number of likely N-dealkylation sites (N-methyl/N-ethyl adjacent to an activating group) is 1. The lowest BCUT2D eigenvalue weighted by Crippen LogP contribution is -2.43. The molecule has 0 saturated carbocycles. The lowest BCUT2D eigenvalue weighted by molar-refractivity contribution is -0.890. The largest absolute Gasteiger partial charge is 0.500 e. The molecule has 0 aromatic rings. The lowest BCUT2D eigenvalue weighted by Gasteiger charge is -2.28. The molecule has 0 amide bonds. The second-order valence-corrected chi connectivity index (χ2v) is 16.0. The van der Waals surface area contributed by atoms with Gasteiger partial charge >= 0.3 is 25.8 Å². The van der Waals surface area contributed by atoms with E-state index < -0.39 is 39.9 Å². The van der Waals surface area contributed by atoms with E-state index in [1.807, 2.05) is 0 Å². The molecule has 0 rings (SSSR count). The molecule has 0 aliphatic carbocycles. The number of sulfonamides is 2. The second kappa shape index (κ2) is 17.3. The van der Waals surface area contributed by atoms with E-state index in [9.17, 15) is 48.0 Å². The zero-order chi connectivity index (χ0) is 31.2. The van der Waals surface area contributed by atoms with Crippen molar-refractivity contribution in [1.29, 1.82) is 0 Å². The van der Waals surface area contributed by atoms with Gasteiger partial charge in [-0.15, -0.1) is 0 Å². The molecule has 0 fully saturated rings. The first-order chi connectivity index (χ1) is 17.6. The molecule has 0 bridgehead atoms. The zero-order valence-corrected chi connectivity index (χ0v) is 25.9. The Hall–Kier alpha value is -0.683. The number of carbonyl (C=O) groups is 1. The quantitative estimate of drug-likeness (QED) is 0.0749. The van der Waals surface area contributed by atoms with Crippen LogP contribution in [0, 0.1) is 0 Å². The third-order valence-electron chi connectivity index (χ3n) is 4.73. The van der Waals surface area contributed by atoms with Crippen molar-refractivity contribution in [1.82, 2.24) is 0 Å². The normalized spacial score (nSPS) is 13.5. The molecule has 236 valence electrons. The van der Waals surface area contributed by atoms with Gasteiger partial charge in [0.05, 0.1) is 27.1 Å². The van der Waals surface area contributed by atoms with Gasteiger partial charge in [0.25, 0.3) is 0 Å². The molecular weight excluding hydrogens is 626 g/mol. The molecule has 0 atom stereocenters. The summed E-state index contributed by atoms with van der Waals surface area (Å²) < 4.78 is 132. The Labute approximate surface area is 230 Å². The van der Waals surface area contributed by atoms with Crippen molar-refractivity contribution in [3.05, 3.63) is 4.13 Å². The van der Waals surface area contributed by atoms with Crippen LogP contribution in [0.25, 0.3) is 4.13 Å². The molecule has 0 aromatic heterocycles. The highest BCUT2D eigenvalue weighted by atomic mass is 32.3. The molecule has 39 heavy (non-hydrogen) atoms. The first kappa shape index (κ1) is 40.5. The molecule has 0 saturated heterocycles. The Bertz CT molecular complexity index is 879. The van der Waals surface area contributed by atoms with E-state index in [2.05, 4.69) is 21.0 Å². The summed E-state index contributed by atoms with van der Waals surface area (Å²) in [4.78, 5) is 11.7. The Morgan fingerprint density at radius 3 is 1.72 bits per heavy atom. The molecule has 21 heteroatoms. The van der Waals surface area contributed by atoms with Gasteiger partial charge in [-0.05, 0) is 18.6 Å². The van der Waals surface area contributed by atoms with Crippen molar-refractivity contribution in [2.75, 3.05) is 66.6 Å². The van der Waals surface area contributed by atoms with E-state index in [0.717, 1.165) is 52.1 Å². The summed E-state index contributed by atoms with van der Waals surface area (Å²) in [5.74, 6) is 1.64. The molecule has 0 unspecified atom stereocenters. The van der Waals surface area contributed by atoms with Crippen LogP contribution in [-0.4, -0.2) is 114 Å². The van der Waals surface area contributed by atoms with E-state index in [1.54, 1.807) is 33.1 Å². The van der Waals surface area contributed by atoms with Gasteiger partial charge in [-0.2, -0.15) is 38.1 Å². The fraction of sp³-hybridized carbons (Fsp3) is 0.944. The van der Waals surface area contributed by atoms with Crippen LogP contribution in [0.1, 0.15) is 26.2 Å². The number of alkyl halides is 6. The Morgan fingerprint density at radius 2 is 1.33 bits per heavy atom. The number of thioether (sulfide) groups is 1. The van der Waals surface area contributed by atoms with Crippen LogP contribution in [0.4, 0.5) is 26.3 Å². The number of nitrogens with zero attached hydrogens (tertiary/aromatic N) is 2. The minimum atomic E-state index is -6.72. The van der Waals surface area contributed by atoms with Gasteiger partial charge in [0.15, 0.2) is 20.0 Å². The number of halogens is 6. The Balaban J connectivity index is 0. The van der Waals surface area contributed by atoms with Crippen LogP contribution in [0.15, 0.2) is 0 Å². The van der Waals surface area contributed by atoms with Crippen molar-refractivity contribution in [2.45, 2.75) is 43.2 Å². The average molecular weight is 663 g/mol. The number of rotatable bonds is 17. The maximum absolute atomic E-state index is 11.7. The van der Waals surface area contributed by atoms with Gasteiger partial charge in [0.1, 0.15) is 13.2 Å². The number of hydrogen-bond acceptors (Lipinski definition) is 10. The summed E-state index contributed by atoms with van der Waals surface area (Å²) in [5.41, 5.74) is -12.4. The van der Waals surface area contributed by atoms with Gasteiger partial charge in [-0.25, -0.2) is 16.8 Å². The molecule has 0 heterocycles. The Morgan fingerprint density at radius 1 is 0.872 bits per heavy atom. The van der Waals surface area contributed by atoms with Gasteiger partial charge in [-0.3, -0.25) is 4.79 Å². The van der Waals surface area contributed by atoms with Crippen LogP contribution in [-0.2, 0) is 42.9 Å². The molecule has 0 aromatic carbocycles. The predicted octanol–water partition coefficient (Wildman–Crippen LogP) is 3.47. The minimum Gasteiger partial charge on any atom is -0.460 e. The molecular formula is C18H36F6N2O9S3Si. The van der Waals surface area contributed by atoms with E-state index >= 15 is 0 Å². The summed E-state index contributed by atoms with van der Waals surface area (Å²) in [6.45, 7) is 4.63. The summed E-state index contributed by atoms with van der Waals surface area (Å²) in [6, 6.07) is 0.790. The number of quaternary nitrogens is 1. The van der Waals surface area contributed by atoms with Crippen molar-refractivity contribution < 1.29 is 70.5 Å². The fourth-order valence-corrected chi connectivity index (χ4v) is 7.17. The highest BCUT2D eigenvalue weighted by molar-refractivity contribution is 8.13. The van der Waals surface area contributed by atoms with Crippen LogP contribution in [0.3, 0.4) is 0 Å². The fourth-order valence-electron chi connectivity index (χ4n) is 2.61. The SMILES string of the molecule is CCC[N+](C)(C)CCOC(=O)CCSCCC[Si](OC)(OC)OC.O=S(=O)([N-]S(=O)(=O)C(F)(F)F)C(F)(F)F. The second-order valence-electron chi connectivity index (χ2n) is 8.28. The minimum absolute atomic E-state index is 0.103. The summed E-state index contributed by atoms with van der Waals surface area (Å²) in [5, 5.41) is 0. The predicted molar refractivity (Wildman–Crippen MR) is 135 cm³/mol. The molecule has 0 aliphatic rings. The summed E-state index contributed by atoms with van der Waals surface area (Å²) in [6.07, 6.45) is 2.55. The monoisotopic (exact) mass is 662 g/mol. The maximum Gasteiger partial charge on any atom is 0.500 e. The lowest BCUT2D eigenvalue weighted by atomic mass is 10.4. The third kappa shape index (κ3) is 16.4. The number of hydrogen-bond donors (Lipinski definition) is 0. The average Bonchev–Trinajstić information content (AvgIpc) is 2.77. The van der Waals surface area contributed by atoms with Crippen LogP contribution >= 0.6 is 11.8 Å². The number of carbonyl (C=O) groups excluding carboxylic acids is 1. The summed E-state index contributed by atoms with van der Waals surface area (Å²) >= 11 is 1.75. The van der Waals surface area contributed by atoms with Crippen molar-refractivity contribution in [3.63, 3.8) is 0 Å².